The average molecular weight is 253 g/mol. The Morgan fingerprint density at radius 1 is 1.24 bits per heavy atom. The first-order valence-electron chi connectivity index (χ1n) is 6.35. The lowest BCUT2D eigenvalue weighted by Gasteiger charge is -2.40. The van der Waals surface area contributed by atoms with Crippen LogP contribution in [0, 0.1) is 0 Å². The molecule has 1 saturated carbocycles. The van der Waals surface area contributed by atoms with E-state index in [1.165, 1.54) is 0 Å². The van der Waals surface area contributed by atoms with E-state index in [9.17, 15) is 13.2 Å². The van der Waals surface area contributed by atoms with Gasteiger partial charge in [0.2, 0.25) is 0 Å². The van der Waals surface area contributed by atoms with Gasteiger partial charge >= 0.3 is 6.18 Å². The van der Waals surface area contributed by atoms with Gasteiger partial charge in [-0.3, -0.25) is 0 Å². The molecule has 0 aromatic carbocycles. The molecule has 1 unspecified atom stereocenters. The third-order valence-electron chi connectivity index (χ3n) is 3.35. The van der Waals surface area contributed by atoms with Gasteiger partial charge in [-0.2, -0.15) is 13.2 Å². The second kappa shape index (κ2) is 6.05. The molecule has 1 N–H and O–H groups in total. The Morgan fingerprint density at radius 3 is 2.29 bits per heavy atom. The molecular formula is C12H22F3NO. The van der Waals surface area contributed by atoms with Gasteiger partial charge in [0.25, 0.3) is 0 Å². The first-order chi connectivity index (χ1) is 7.90. The van der Waals surface area contributed by atoms with Crippen LogP contribution in [0.1, 0.15) is 46.0 Å². The van der Waals surface area contributed by atoms with Crippen molar-refractivity contribution in [3.63, 3.8) is 0 Å². The van der Waals surface area contributed by atoms with E-state index < -0.39 is 17.9 Å². The van der Waals surface area contributed by atoms with Crippen molar-refractivity contribution in [2.45, 2.75) is 63.8 Å². The molecule has 1 fully saturated rings. The summed E-state index contributed by atoms with van der Waals surface area (Å²) in [6.07, 6.45) is -1.50. The van der Waals surface area contributed by atoms with Crippen molar-refractivity contribution < 1.29 is 17.9 Å². The van der Waals surface area contributed by atoms with E-state index in [-0.39, 0.29) is 0 Å². The molecular weight excluding hydrogens is 231 g/mol. The highest BCUT2D eigenvalue weighted by atomic mass is 19.4. The molecule has 17 heavy (non-hydrogen) atoms. The largest absolute Gasteiger partial charge is 0.414 e. The van der Waals surface area contributed by atoms with Gasteiger partial charge in [0.1, 0.15) is 0 Å². The minimum absolute atomic E-state index is 0.518. The lowest BCUT2D eigenvalue weighted by molar-refractivity contribution is -0.251. The van der Waals surface area contributed by atoms with E-state index in [4.69, 9.17) is 4.74 Å². The van der Waals surface area contributed by atoms with Crippen LogP contribution in [0.2, 0.25) is 0 Å². The van der Waals surface area contributed by atoms with Crippen LogP contribution in [-0.2, 0) is 4.74 Å². The third kappa shape index (κ3) is 4.47. The average Bonchev–Trinajstić information content (AvgIpc) is 2.26. The van der Waals surface area contributed by atoms with Gasteiger partial charge in [-0.25, -0.2) is 0 Å². The van der Waals surface area contributed by atoms with E-state index in [1.807, 2.05) is 6.92 Å². The van der Waals surface area contributed by atoms with Crippen molar-refractivity contribution >= 4 is 0 Å². The quantitative estimate of drug-likeness (QED) is 0.812. The molecule has 0 aromatic rings. The number of alkyl halides is 3. The van der Waals surface area contributed by atoms with Crippen molar-refractivity contribution in [2.75, 3.05) is 13.1 Å². The summed E-state index contributed by atoms with van der Waals surface area (Å²) in [6, 6.07) is 0. The summed E-state index contributed by atoms with van der Waals surface area (Å²) in [4.78, 5) is 0. The molecule has 1 atom stereocenters. The molecule has 0 radical (unpaired) electrons. The molecule has 0 saturated heterocycles. The number of hydrogen-bond donors (Lipinski definition) is 1. The summed E-state index contributed by atoms with van der Waals surface area (Å²) in [5, 5.41) is 3.12. The normalized spacial score (nSPS) is 22.4. The monoisotopic (exact) mass is 253 g/mol. The number of nitrogens with one attached hydrogen (secondary N) is 1. The predicted octanol–water partition coefficient (Wildman–Crippen LogP) is 3.27. The fourth-order valence-electron chi connectivity index (χ4n) is 2.33. The Labute approximate surface area is 101 Å². The number of hydrogen-bond acceptors (Lipinski definition) is 2. The zero-order valence-corrected chi connectivity index (χ0v) is 10.6. The number of rotatable bonds is 5. The maximum Gasteiger partial charge on any atom is 0.414 e. The fourth-order valence-corrected chi connectivity index (χ4v) is 2.33. The Morgan fingerprint density at radius 2 is 1.82 bits per heavy atom. The van der Waals surface area contributed by atoms with Crippen LogP contribution in [-0.4, -0.2) is 31.0 Å². The van der Waals surface area contributed by atoms with Crippen LogP contribution in [0.5, 0.6) is 0 Å². The highest BCUT2D eigenvalue weighted by molar-refractivity contribution is 4.88. The number of halogens is 3. The van der Waals surface area contributed by atoms with Crippen molar-refractivity contribution in [1.29, 1.82) is 0 Å². The molecule has 0 aliphatic heterocycles. The molecule has 0 aromatic heterocycles. The summed E-state index contributed by atoms with van der Waals surface area (Å²) >= 11 is 0. The molecule has 102 valence electrons. The Kier molecular flexibility index (Phi) is 5.25. The minimum Gasteiger partial charge on any atom is -0.361 e. The van der Waals surface area contributed by atoms with Crippen LogP contribution >= 0.6 is 0 Å². The molecule has 1 rings (SSSR count). The zero-order valence-electron chi connectivity index (χ0n) is 10.6. The smallest absolute Gasteiger partial charge is 0.361 e. The van der Waals surface area contributed by atoms with Crippen molar-refractivity contribution in [1.82, 2.24) is 5.32 Å². The maximum atomic E-state index is 12.6. The van der Waals surface area contributed by atoms with Gasteiger partial charge < -0.3 is 10.1 Å². The van der Waals surface area contributed by atoms with Crippen LogP contribution in [0.3, 0.4) is 0 Å². The van der Waals surface area contributed by atoms with Crippen LogP contribution in [0.15, 0.2) is 0 Å². The minimum atomic E-state index is -4.27. The highest BCUT2D eigenvalue weighted by Crippen LogP contribution is 2.35. The fraction of sp³-hybridized carbons (Fsp3) is 1.00. The lowest BCUT2D eigenvalue weighted by Crippen LogP contribution is -2.49. The Bertz CT molecular complexity index is 224. The first kappa shape index (κ1) is 14.8. The molecule has 2 nitrogen and oxygen atoms in total. The van der Waals surface area contributed by atoms with Crippen molar-refractivity contribution in [3.8, 4) is 0 Å². The van der Waals surface area contributed by atoms with E-state index in [0.717, 1.165) is 45.6 Å². The molecule has 1 aliphatic rings. The van der Waals surface area contributed by atoms with Crippen molar-refractivity contribution in [2.24, 2.45) is 0 Å². The van der Waals surface area contributed by atoms with E-state index in [1.54, 1.807) is 0 Å². The zero-order chi connectivity index (χ0) is 12.9. The second-order valence-corrected chi connectivity index (χ2v) is 4.83. The Balaban J connectivity index is 2.62. The second-order valence-electron chi connectivity index (χ2n) is 4.83. The molecule has 0 bridgehead atoms. The molecule has 5 heteroatoms. The van der Waals surface area contributed by atoms with E-state index in [2.05, 4.69) is 5.32 Å². The summed E-state index contributed by atoms with van der Waals surface area (Å²) in [7, 11) is 0. The van der Waals surface area contributed by atoms with Gasteiger partial charge in [0.05, 0.1) is 5.60 Å². The Hall–Kier alpha value is -0.290. The number of ether oxygens (including phenoxy) is 1. The van der Waals surface area contributed by atoms with Gasteiger partial charge in [-0.15, -0.1) is 0 Å². The topological polar surface area (TPSA) is 21.3 Å². The number of likely N-dealkylation sites (N-methyl/N-ethyl adjacent to an activating group) is 1. The highest BCUT2D eigenvalue weighted by Gasteiger charge is 2.43. The van der Waals surface area contributed by atoms with Crippen LogP contribution < -0.4 is 5.32 Å². The van der Waals surface area contributed by atoms with Gasteiger partial charge in [-0.1, -0.05) is 26.2 Å². The summed E-state index contributed by atoms with van der Waals surface area (Å²) in [6.45, 7) is 4.32. The van der Waals surface area contributed by atoms with Crippen molar-refractivity contribution in [3.05, 3.63) is 0 Å². The lowest BCUT2D eigenvalue weighted by atomic mass is 9.84. The van der Waals surface area contributed by atoms with Gasteiger partial charge in [0, 0.05) is 6.54 Å². The molecule has 0 amide bonds. The van der Waals surface area contributed by atoms with Gasteiger partial charge in [0.15, 0.2) is 6.10 Å². The van der Waals surface area contributed by atoms with E-state index in [0.29, 0.717) is 6.54 Å². The third-order valence-corrected chi connectivity index (χ3v) is 3.35. The summed E-state index contributed by atoms with van der Waals surface area (Å²) in [5.74, 6) is 0. The SMILES string of the molecule is CCNCC1(OC(C)C(F)(F)F)CCCCC1. The molecule has 0 spiro atoms. The maximum absolute atomic E-state index is 12.6. The van der Waals surface area contributed by atoms with Crippen LogP contribution in [0.4, 0.5) is 13.2 Å². The predicted molar refractivity (Wildman–Crippen MR) is 61.0 cm³/mol. The van der Waals surface area contributed by atoms with Gasteiger partial charge in [-0.05, 0) is 26.3 Å². The standard InChI is InChI=1S/C12H22F3NO/c1-3-16-9-11(7-5-4-6-8-11)17-10(2)12(13,14)15/h10,16H,3-9H2,1-2H3. The summed E-state index contributed by atoms with van der Waals surface area (Å²) in [5.41, 5.74) is -0.622. The van der Waals surface area contributed by atoms with E-state index >= 15 is 0 Å². The first-order valence-corrected chi connectivity index (χ1v) is 6.35. The van der Waals surface area contributed by atoms with Crippen LogP contribution in [0.25, 0.3) is 0 Å². The molecule has 0 heterocycles. The summed E-state index contributed by atoms with van der Waals surface area (Å²) < 4.78 is 43.0. The molecule has 1 aliphatic carbocycles.